The molecule has 0 fully saturated rings. The van der Waals surface area contributed by atoms with E-state index in [1.54, 1.807) is 0 Å². The van der Waals surface area contributed by atoms with E-state index in [0.717, 1.165) is 28.3 Å². The van der Waals surface area contributed by atoms with Gasteiger partial charge in [-0.2, -0.15) is 0 Å². The van der Waals surface area contributed by atoms with E-state index in [-0.39, 0.29) is 11.7 Å². The minimum Gasteiger partial charge on any atom is -0.487 e. The fraction of sp³-hybridized carbons (Fsp3) is 0.381. The van der Waals surface area contributed by atoms with Crippen molar-refractivity contribution in [2.45, 2.75) is 44.9 Å². The summed E-state index contributed by atoms with van der Waals surface area (Å²) < 4.78 is 45.0. The molecular formula is C21H25FN2O4S. The van der Waals surface area contributed by atoms with Crippen LogP contribution in [0.3, 0.4) is 0 Å². The second-order valence-electron chi connectivity index (χ2n) is 7.88. The van der Waals surface area contributed by atoms with Crippen LogP contribution in [0.1, 0.15) is 38.8 Å². The minimum absolute atomic E-state index is 0.226. The lowest BCUT2D eigenvalue weighted by atomic mass is 9.89. The highest BCUT2D eigenvalue weighted by Crippen LogP contribution is 2.39. The number of hydrogen-bond donors (Lipinski definition) is 1. The summed E-state index contributed by atoms with van der Waals surface area (Å²) in [6.07, 6.45) is 1.56. The summed E-state index contributed by atoms with van der Waals surface area (Å²) in [5, 5.41) is 2.97. The second kappa shape index (κ2) is 7.67. The number of carbonyl (C=O) groups excluding carboxylic acids is 1. The van der Waals surface area contributed by atoms with Crippen molar-refractivity contribution in [3.05, 3.63) is 59.9 Å². The maximum atomic E-state index is 13.3. The average molecular weight is 421 g/mol. The van der Waals surface area contributed by atoms with Crippen LogP contribution in [0.5, 0.6) is 5.75 Å². The highest BCUT2D eigenvalue weighted by molar-refractivity contribution is 7.92. The van der Waals surface area contributed by atoms with Gasteiger partial charge in [0.15, 0.2) is 0 Å². The van der Waals surface area contributed by atoms with Crippen LogP contribution in [-0.4, -0.2) is 32.2 Å². The molecule has 0 aromatic heterocycles. The van der Waals surface area contributed by atoms with E-state index in [0.29, 0.717) is 12.2 Å². The molecule has 1 N–H and O–H groups in total. The summed E-state index contributed by atoms with van der Waals surface area (Å²) in [7, 11) is -3.77. The summed E-state index contributed by atoms with van der Waals surface area (Å²) in [5.41, 5.74) is 0.590. The third-order valence-electron chi connectivity index (χ3n) is 4.86. The molecule has 0 bridgehead atoms. The van der Waals surface area contributed by atoms with Gasteiger partial charge in [0.2, 0.25) is 15.9 Å². The molecule has 2 aromatic rings. The predicted octanol–water partition coefficient (Wildman–Crippen LogP) is 3.40. The third-order valence-corrected chi connectivity index (χ3v) is 6.10. The van der Waals surface area contributed by atoms with Crippen LogP contribution in [0.25, 0.3) is 0 Å². The van der Waals surface area contributed by atoms with Gasteiger partial charge in [-0.15, -0.1) is 0 Å². The second-order valence-corrected chi connectivity index (χ2v) is 9.74. The molecular weight excluding hydrogens is 395 g/mol. The number of fused-ring (bicyclic) bond motifs is 1. The molecule has 2 aromatic carbocycles. The smallest absolute Gasteiger partial charge is 0.244 e. The van der Waals surface area contributed by atoms with Crippen LogP contribution < -0.4 is 14.4 Å². The zero-order valence-corrected chi connectivity index (χ0v) is 17.7. The average Bonchev–Trinajstić information content (AvgIpc) is 2.61. The van der Waals surface area contributed by atoms with Crippen LogP contribution in [0.4, 0.5) is 10.1 Å². The fourth-order valence-electron chi connectivity index (χ4n) is 3.62. The molecule has 0 radical (unpaired) electrons. The van der Waals surface area contributed by atoms with E-state index < -0.39 is 33.4 Å². The number of nitrogens with one attached hydrogen (secondary N) is 1. The Kier molecular flexibility index (Phi) is 5.58. The maximum absolute atomic E-state index is 13.3. The first kappa shape index (κ1) is 21.1. The largest absolute Gasteiger partial charge is 0.487 e. The Balaban J connectivity index is 1.88. The van der Waals surface area contributed by atoms with Gasteiger partial charge in [0.1, 0.15) is 23.2 Å². The van der Waals surface area contributed by atoms with E-state index >= 15 is 0 Å². The van der Waals surface area contributed by atoms with Crippen LogP contribution in [0.15, 0.2) is 48.5 Å². The van der Waals surface area contributed by atoms with Crippen LogP contribution >= 0.6 is 0 Å². The number of anilines is 1. The van der Waals surface area contributed by atoms with E-state index in [2.05, 4.69) is 5.32 Å². The van der Waals surface area contributed by atoms with Gasteiger partial charge in [-0.25, -0.2) is 12.8 Å². The van der Waals surface area contributed by atoms with Crippen LogP contribution in [0.2, 0.25) is 0 Å². The normalized spacial score (nSPS) is 18.9. The lowest BCUT2D eigenvalue weighted by molar-refractivity contribution is -0.123. The standard InChI is InChI=1S/C21H25FN2O4S/c1-14(24(29(4,26)27)16-11-9-15(22)10-12-16)20(25)23-18-13-21(2,3)28-19-8-6-5-7-17(18)19/h5-12,14,18H,13H2,1-4H3,(H,23,25)/t14-,18-/m1/s1. The summed E-state index contributed by atoms with van der Waals surface area (Å²) >= 11 is 0. The molecule has 0 saturated heterocycles. The number of carbonyl (C=O) groups is 1. The topological polar surface area (TPSA) is 75.7 Å². The molecule has 0 saturated carbocycles. The van der Waals surface area contributed by atoms with E-state index in [1.165, 1.54) is 19.1 Å². The molecule has 6 nitrogen and oxygen atoms in total. The van der Waals surface area contributed by atoms with Gasteiger partial charge in [0.05, 0.1) is 18.0 Å². The molecule has 3 rings (SSSR count). The third kappa shape index (κ3) is 4.70. The molecule has 0 aliphatic carbocycles. The minimum atomic E-state index is -3.77. The Morgan fingerprint density at radius 1 is 1.21 bits per heavy atom. The molecule has 0 unspecified atom stereocenters. The van der Waals surface area contributed by atoms with Gasteiger partial charge >= 0.3 is 0 Å². The van der Waals surface area contributed by atoms with E-state index in [1.807, 2.05) is 38.1 Å². The van der Waals surface area contributed by atoms with Crippen molar-refractivity contribution in [3.8, 4) is 5.75 Å². The molecule has 1 aliphatic rings. The van der Waals surface area contributed by atoms with Gasteiger partial charge in [-0.3, -0.25) is 9.10 Å². The number of hydrogen-bond acceptors (Lipinski definition) is 4. The Morgan fingerprint density at radius 3 is 2.45 bits per heavy atom. The first-order valence-electron chi connectivity index (χ1n) is 9.31. The van der Waals surface area contributed by atoms with Crippen LogP contribution in [0, 0.1) is 5.82 Å². The number of amides is 1. The molecule has 1 aliphatic heterocycles. The van der Waals surface area contributed by atoms with Gasteiger partial charge in [0, 0.05) is 12.0 Å². The van der Waals surface area contributed by atoms with Gasteiger partial charge in [-0.1, -0.05) is 18.2 Å². The van der Waals surface area contributed by atoms with Gasteiger partial charge < -0.3 is 10.1 Å². The molecule has 1 amide bonds. The molecule has 1 heterocycles. The van der Waals surface area contributed by atoms with Crippen molar-refractivity contribution in [2.75, 3.05) is 10.6 Å². The fourth-order valence-corrected chi connectivity index (χ4v) is 4.79. The van der Waals surface area contributed by atoms with Crippen molar-refractivity contribution in [2.24, 2.45) is 0 Å². The molecule has 156 valence electrons. The van der Waals surface area contributed by atoms with Crippen molar-refractivity contribution in [1.29, 1.82) is 0 Å². The summed E-state index contributed by atoms with van der Waals surface area (Å²) in [6.45, 7) is 5.38. The Labute approximate surface area is 170 Å². The summed E-state index contributed by atoms with van der Waals surface area (Å²) in [6, 6.07) is 11.1. The number of para-hydroxylation sites is 1. The number of rotatable bonds is 5. The molecule has 0 spiro atoms. The van der Waals surface area contributed by atoms with Crippen molar-refractivity contribution in [1.82, 2.24) is 5.32 Å². The lowest BCUT2D eigenvalue weighted by Crippen LogP contribution is -2.50. The van der Waals surface area contributed by atoms with Crippen molar-refractivity contribution >= 4 is 21.6 Å². The van der Waals surface area contributed by atoms with E-state index in [4.69, 9.17) is 4.74 Å². The number of benzene rings is 2. The maximum Gasteiger partial charge on any atom is 0.244 e. The summed E-state index contributed by atoms with van der Waals surface area (Å²) in [5.74, 6) is -0.238. The molecule has 8 heteroatoms. The summed E-state index contributed by atoms with van der Waals surface area (Å²) in [4.78, 5) is 13.0. The highest BCUT2D eigenvalue weighted by Gasteiger charge is 2.36. The number of sulfonamides is 1. The zero-order chi connectivity index (χ0) is 21.4. The van der Waals surface area contributed by atoms with Crippen molar-refractivity contribution in [3.63, 3.8) is 0 Å². The van der Waals surface area contributed by atoms with Crippen LogP contribution in [-0.2, 0) is 14.8 Å². The SMILES string of the molecule is C[C@H](C(=O)N[C@@H]1CC(C)(C)Oc2ccccc21)N(c1ccc(F)cc1)S(C)(=O)=O. The van der Waals surface area contributed by atoms with Crippen molar-refractivity contribution < 1.29 is 22.3 Å². The quantitative estimate of drug-likeness (QED) is 0.805. The predicted molar refractivity (Wildman–Crippen MR) is 110 cm³/mol. The molecule has 2 atom stereocenters. The number of halogens is 1. The first-order valence-corrected chi connectivity index (χ1v) is 11.2. The Bertz CT molecular complexity index is 1010. The number of ether oxygens (including phenoxy) is 1. The van der Waals surface area contributed by atoms with Gasteiger partial charge in [0.25, 0.3) is 0 Å². The molecule has 29 heavy (non-hydrogen) atoms. The first-order chi connectivity index (χ1) is 13.5. The van der Waals surface area contributed by atoms with Gasteiger partial charge in [-0.05, 0) is 51.1 Å². The zero-order valence-electron chi connectivity index (χ0n) is 16.8. The Morgan fingerprint density at radius 2 is 1.83 bits per heavy atom. The number of nitrogens with zero attached hydrogens (tertiary/aromatic N) is 1. The monoisotopic (exact) mass is 420 g/mol. The highest BCUT2D eigenvalue weighted by atomic mass is 32.2. The Hall–Kier alpha value is -2.61. The lowest BCUT2D eigenvalue weighted by Gasteiger charge is -2.38. The van der Waals surface area contributed by atoms with E-state index in [9.17, 15) is 17.6 Å².